The van der Waals surface area contributed by atoms with Gasteiger partial charge in [0.05, 0.1) is 6.04 Å². The van der Waals surface area contributed by atoms with Crippen LogP contribution in [0.2, 0.25) is 0 Å². The normalized spacial score (nSPS) is 16.1. The summed E-state index contributed by atoms with van der Waals surface area (Å²) in [5.41, 5.74) is 4.39. The molecule has 0 aromatic heterocycles. The number of ether oxygens (including phenoxy) is 2. The predicted octanol–water partition coefficient (Wildman–Crippen LogP) is 3.15. The third kappa shape index (κ3) is 3.96. The molecule has 1 heterocycles. The smallest absolute Gasteiger partial charge is 0.262 e. The second-order valence-corrected chi connectivity index (χ2v) is 7.28. The van der Waals surface area contributed by atoms with Gasteiger partial charge in [-0.1, -0.05) is 24.3 Å². The second kappa shape index (κ2) is 7.92. The monoisotopic (exact) mass is 380 g/mol. The summed E-state index contributed by atoms with van der Waals surface area (Å²) >= 11 is 0. The van der Waals surface area contributed by atoms with Crippen LogP contribution in [-0.2, 0) is 22.4 Å². The molecule has 0 fully saturated rings. The van der Waals surface area contributed by atoms with Gasteiger partial charge in [0, 0.05) is 0 Å². The zero-order valence-electron chi connectivity index (χ0n) is 15.9. The van der Waals surface area contributed by atoms with Gasteiger partial charge in [0.15, 0.2) is 13.2 Å². The van der Waals surface area contributed by atoms with Crippen molar-refractivity contribution in [2.45, 2.75) is 38.6 Å². The number of benzene rings is 2. The average Bonchev–Trinajstić information content (AvgIpc) is 2.71. The number of carbonyl (C=O) groups excluding carboxylic acids is 2. The molecule has 28 heavy (non-hydrogen) atoms. The minimum Gasteiger partial charge on any atom is -0.481 e. The van der Waals surface area contributed by atoms with Gasteiger partial charge >= 0.3 is 0 Å². The van der Waals surface area contributed by atoms with Crippen molar-refractivity contribution in [1.29, 1.82) is 0 Å². The molecule has 2 N–H and O–H groups in total. The van der Waals surface area contributed by atoms with Crippen LogP contribution in [0.25, 0.3) is 0 Å². The van der Waals surface area contributed by atoms with Crippen molar-refractivity contribution in [2.24, 2.45) is 0 Å². The summed E-state index contributed by atoms with van der Waals surface area (Å²) in [6.45, 7) is 1.82. The minimum absolute atomic E-state index is 0.0186. The first-order valence-corrected chi connectivity index (χ1v) is 9.69. The maximum atomic E-state index is 12.4. The first-order chi connectivity index (χ1) is 13.6. The fraction of sp³-hybridized carbons (Fsp3) is 0.364. The molecule has 0 radical (unpaired) electrons. The Balaban J connectivity index is 1.37. The summed E-state index contributed by atoms with van der Waals surface area (Å²) in [7, 11) is 0. The van der Waals surface area contributed by atoms with Crippen LogP contribution in [0.1, 0.15) is 42.5 Å². The van der Waals surface area contributed by atoms with Crippen molar-refractivity contribution >= 4 is 17.5 Å². The van der Waals surface area contributed by atoms with Gasteiger partial charge in [-0.3, -0.25) is 9.59 Å². The molecule has 0 saturated heterocycles. The predicted molar refractivity (Wildman–Crippen MR) is 106 cm³/mol. The van der Waals surface area contributed by atoms with Gasteiger partial charge in [0.25, 0.3) is 11.8 Å². The highest BCUT2D eigenvalue weighted by atomic mass is 16.5. The van der Waals surface area contributed by atoms with Gasteiger partial charge in [-0.05, 0) is 61.4 Å². The van der Waals surface area contributed by atoms with Crippen molar-refractivity contribution in [3.8, 4) is 11.5 Å². The highest BCUT2D eigenvalue weighted by Crippen LogP contribution is 2.36. The summed E-state index contributed by atoms with van der Waals surface area (Å²) in [6.07, 6.45) is 4.74. The molecular weight excluding hydrogens is 356 g/mol. The number of nitrogens with one attached hydrogen (secondary N) is 2. The van der Waals surface area contributed by atoms with E-state index in [0.717, 1.165) is 18.4 Å². The van der Waals surface area contributed by atoms with Crippen molar-refractivity contribution in [3.05, 3.63) is 53.1 Å². The lowest BCUT2D eigenvalue weighted by atomic mass is 9.89. The van der Waals surface area contributed by atoms with E-state index in [1.54, 1.807) is 18.2 Å². The Morgan fingerprint density at radius 1 is 1.21 bits per heavy atom. The number of hydrogen-bond donors (Lipinski definition) is 2. The number of fused-ring (bicyclic) bond motifs is 2. The number of carbonyl (C=O) groups is 2. The first-order valence-electron chi connectivity index (χ1n) is 9.69. The van der Waals surface area contributed by atoms with Gasteiger partial charge < -0.3 is 20.1 Å². The van der Waals surface area contributed by atoms with Crippen molar-refractivity contribution in [2.75, 3.05) is 18.5 Å². The number of rotatable bonds is 5. The molecule has 2 aliphatic rings. The Morgan fingerprint density at radius 2 is 2.04 bits per heavy atom. The fourth-order valence-corrected chi connectivity index (χ4v) is 3.73. The summed E-state index contributed by atoms with van der Waals surface area (Å²) in [5, 5.41) is 5.71. The molecule has 1 aliphatic heterocycles. The summed E-state index contributed by atoms with van der Waals surface area (Å²) in [4.78, 5) is 23.9. The number of hydrogen-bond acceptors (Lipinski definition) is 4. The maximum absolute atomic E-state index is 12.4. The minimum atomic E-state index is -0.242. The van der Waals surface area contributed by atoms with Crippen molar-refractivity contribution < 1.29 is 19.1 Å². The number of amides is 2. The van der Waals surface area contributed by atoms with Gasteiger partial charge in [0.1, 0.15) is 17.2 Å². The molecule has 0 bridgehead atoms. The van der Waals surface area contributed by atoms with Gasteiger partial charge in [0.2, 0.25) is 0 Å². The molecule has 6 nitrogen and oxygen atoms in total. The van der Waals surface area contributed by atoms with Crippen molar-refractivity contribution in [3.63, 3.8) is 0 Å². The third-order valence-electron chi connectivity index (χ3n) is 5.22. The highest BCUT2D eigenvalue weighted by Gasteiger charge is 2.20. The molecule has 1 aliphatic carbocycles. The average molecular weight is 380 g/mol. The van der Waals surface area contributed by atoms with Gasteiger partial charge in [-0.15, -0.1) is 0 Å². The Hall–Kier alpha value is -3.02. The Kier molecular flexibility index (Phi) is 5.19. The Labute approximate surface area is 164 Å². The van der Waals surface area contributed by atoms with Gasteiger partial charge in [-0.2, -0.15) is 0 Å². The molecule has 2 amide bonds. The van der Waals surface area contributed by atoms with E-state index in [4.69, 9.17) is 9.47 Å². The van der Waals surface area contributed by atoms with Crippen LogP contribution in [0.5, 0.6) is 11.5 Å². The quantitative estimate of drug-likeness (QED) is 0.835. The molecule has 1 atom stereocenters. The number of para-hydroxylation sites is 1. The molecule has 146 valence electrons. The van der Waals surface area contributed by atoms with Crippen LogP contribution in [-0.4, -0.2) is 25.0 Å². The largest absolute Gasteiger partial charge is 0.481 e. The second-order valence-electron chi connectivity index (χ2n) is 7.28. The zero-order valence-corrected chi connectivity index (χ0v) is 15.9. The van der Waals surface area contributed by atoms with Crippen LogP contribution in [0.4, 0.5) is 5.69 Å². The Bertz CT molecular complexity index is 909. The lowest BCUT2D eigenvalue weighted by Gasteiger charge is -2.21. The molecule has 0 spiro atoms. The zero-order chi connectivity index (χ0) is 19.5. The van der Waals surface area contributed by atoms with E-state index in [-0.39, 0.29) is 31.1 Å². The van der Waals surface area contributed by atoms with Crippen LogP contribution in [0, 0.1) is 0 Å². The number of anilines is 1. The molecule has 2 aromatic carbocycles. The SMILES string of the molecule is CC(NC(=O)COc1cccc2c1NC(=O)CO2)c1ccc2c(c1)CCCC2. The van der Waals surface area contributed by atoms with E-state index >= 15 is 0 Å². The topological polar surface area (TPSA) is 76.7 Å². The van der Waals surface area contributed by atoms with E-state index in [2.05, 4.69) is 28.8 Å². The molecule has 6 heteroatoms. The maximum Gasteiger partial charge on any atom is 0.262 e. The van der Waals surface area contributed by atoms with Crippen LogP contribution >= 0.6 is 0 Å². The Morgan fingerprint density at radius 3 is 2.89 bits per heavy atom. The van der Waals surface area contributed by atoms with Crippen LogP contribution in [0.3, 0.4) is 0 Å². The summed E-state index contributed by atoms with van der Waals surface area (Å²) in [5.74, 6) is 0.502. The van der Waals surface area contributed by atoms with E-state index in [0.29, 0.717) is 17.2 Å². The molecule has 0 saturated carbocycles. The fourth-order valence-electron chi connectivity index (χ4n) is 3.73. The van der Waals surface area contributed by atoms with E-state index in [1.165, 1.54) is 24.0 Å². The molecule has 4 rings (SSSR count). The van der Waals surface area contributed by atoms with Crippen molar-refractivity contribution in [1.82, 2.24) is 5.32 Å². The van der Waals surface area contributed by atoms with Crippen LogP contribution < -0.4 is 20.1 Å². The highest BCUT2D eigenvalue weighted by molar-refractivity contribution is 5.97. The summed E-state index contributed by atoms with van der Waals surface area (Å²) < 4.78 is 11.0. The summed E-state index contributed by atoms with van der Waals surface area (Å²) in [6, 6.07) is 11.6. The lowest BCUT2D eigenvalue weighted by molar-refractivity contribution is -0.123. The third-order valence-corrected chi connectivity index (χ3v) is 5.22. The lowest BCUT2D eigenvalue weighted by Crippen LogP contribution is -2.32. The van der Waals surface area contributed by atoms with E-state index in [1.807, 2.05) is 6.92 Å². The van der Waals surface area contributed by atoms with Crippen LogP contribution in [0.15, 0.2) is 36.4 Å². The molecular formula is C22H24N2O4. The van der Waals surface area contributed by atoms with E-state index < -0.39 is 0 Å². The van der Waals surface area contributed by atoms with Gasteiger partial charge in [-0.25, -0.2) is 0 Å². The first kappa shape index (κ1) is 18.3. The standard InChI is InChI=1S/C22H24N2O4/c1-14(16-10-9-15-5-2-3-6-17(15)11-16)23-20(25)12-27-18-7-4-8-19-22(18)24-21(26)13-28-19/h4,7-11,14H,2-3,5-6,12-13H2,1H3,(H,23,25)(H,24,26). The number of aryl methyl sites for hydroxylation is 2. The molecule has 2 aromatic rings. The molecule has 1 unspecified atom stereocenters. The van der Waals surface area contributed by atoms with E-state index in [9.17, 15) is 9.59 Å².